The fourth-order valence-corrected chi connectivity index (χ4v) is 3.36. The minimum atomic E-state index is 0.530. The highest BCUT2D eigenvalue weighted by Crippen LogP contribution is 2.26. The first-order valence-electron chi connectivity index (χ1n) is 8.73. The molecule has 0 aliphatic heterocycles. The molecule has 3 rings (SSSR count). The lowest BCUT2D eigenvalue weighted by atomic mass is 10.2. The van der Waals surface area contributed by atoms with Crippen LogP contribution in [0.25, 0.3) is 0 Å². The van der Waals surface area contributed by atoms with Gasteiger partial charge in [0.2, 0.25) is 0 Å². The molecule has 1 N–H and O–H groups in total. The molecule has 0 unspecified atom stereocenters. The van der Waals surface area contributed by atoms with Crippen LogP contribution >= 0.6 is 35.4 Å². The van der Waals surface area contributed by atoms with Gasteiger partial charge in [-0.2, -0.15) is 0 Å². The number of hydrogen-bond donors (Lipinski definition) is 1. The van der Waals surface area contributed by atoms with Crippen LogP contribution in [0, 0.1) is 0 Å². The predicted molar refractivity (Wildman–Crippen MR) is 121 cm³/mol. The highest BCUT2D eigenvalue weighted by atomic mass is 35.5. The number of nitrogens with zero attached hydrogens (tertiary/aromatic N) is 1. The fourth-order valence-electron chi connectivity index (χ4n) is 2.80. The summed E-state index contributed by atoms with van der Waals surface area (Å²) in [4.78, 5) is 2.08. The number of methoxy groups -OCH3 is 1. The van der Waals surface area contributed by atoms with Gasteiger partial charge >= 0.3 is 0 Å². The van der Waals surface area contributed by atoms with E-state index in [0.29, 0.717) is 28.2 Å². The van der Waals surface area contributed by atoms with E-state index in [-0.39, 0.29) is 0 Å². The molecule has 6 heteroatoms. The number of nitrogens with one attached hydrogen (secondary N) is 1. The highest BCUT2D eigenvalue weighted by Gasteiger charge is 2.14. The number of halogens is 2. The van der Waals surface area contributed by atoms with Crippen LogP contribution in [0.4, 0.5) is 5.69 Å². The van der Waals surface area contributed by atoms with E-state index < -0.39 is 0 Å². The third-order valence-corrected chi connectivity index (χ3v) is 5.31. The Morgan fingerprint density at radius 2 is 1.57 bits per heavy atom. The van der Waals surface area contributed by atoms with Crippen molar-refractivity contribution >= 4 is 46.2 Å². The molecule has 0 spiro atoms. The van der Waals surface area contributed by atoms with Crippen LogP contribution in [0.5, 0.6) is 5.75 Å². The summed E-state index contributed by atoms with van der Waals surface area (Å²) in [7, 11) is 1.64. The number of anilines is 1. The molecule has 0 aliphatic carbocycles. The van der Waals surface area contributed by atoms with Crippen molar-refractivity contribution in [2.24, 2.45) is 0 Å². The van der Waals surface area contributed by atoms with Gasteiger partial charge in [-0.1, -0.05) is 71.7 Å². The van der Waals surface area contributed by atoms with E-state index in [0.717, 1.165) is 22.6 Å². The van der Waals surface area contributed by atoms with Gasteiger partial charge in [-0.25, -0.2) is 0 Å². The summed E-state index contributed by atoms with van der Waals surface area (Å²) >= 11 is 18.0. The average molecular weight is 431 g/mol. The molecular weight excluding hydrogens is 411 g/mol. The Labute approximate surface area is 180 Å². The van der Waals surface area contributed by atoms with Gasteiger partial charge in [0, 0.05) is 13.1 Å². The number of ether oxygens (including phenoxy) is 1. The van der Waals surface area contributed by atoms with Crippen molar-refractivity contribution in [2.45, 2.75) is 13.1 Å². The number of para-hydroxylation sites is 2. The quantitative estimate of drug-likeness (QED) is 0.457. The van der Waals surface area contributed by atoms with Crippen LogP contribution in [0.1, 0.15) is 11.1 Å². The molecule has 0 saturated heterocycles. The molecule has 3 aromatic rings. The minimum absolute atomic E-state index is 0.530. The van der Waals surface area contributed by atoms with Crippen molar-refractivity contribution < 1.29 is 4.74 Å². The van der Waals surface area contributed by atoms with Crippen LogP contribution in [-0.2, 0) is 13.1 Å². The maximum Gasteiger partial charge on any atom is 0.174 e. The zero-order valence-electron chi connectivity index (χ0n) is 15.4. The van der Waals surface area contributed by atoms with Gasteiger partial charge in [0.15, 0.2) is 5.11 Å². The first-order valence-corrected chi connectivity index (χ1v) is 9.90. The largest absolute Gasteiger partial charge is 0.495 e. The van der Waals surface area contributed by atoms with E-state index in [2.05, 4.69) is 22.3 Å². The van der Waals surface area contributed by atoms with E-state index in [1.54, 1.807) is 13.2 Å². The highest BCUT2D eigenvalue weighted by molar-refractivity contribution is 7.80. The van der Waals surface area contributed by atoms with Crippen LogP contribution in [0.3, 0.4) is 0 Å². The van der Waals surface area contributed by atoms with Crippen LogP contribution in [0.15, 0.2) is 72.8 Å². The lowest BCUT2D eigenvalue weighted by molar-refractivity contribution is 0.409. The SMILES string of the molecule is COc1ccccc1NC(=S)N(Cc1ccccc1)Cc1ccc(Cl)c(Cl)c1. The summed E-state index contributed by atoms with van der Waals surface area (Å²) in [5.41, 5.74) is 3.00. The molecule has 0 fully saturated rings. The number of thiocarbonyl (C=S) groups is 1. The second-order valence-corrected chi connectivity index (χ2v) is 7.42. The number of hydrogen-bond acceptors (Lipinski definition) is 2. The molecule has 3 aromatic carbocycles. The second kappa shape index (κ2) is 9.78. The molecule has 28 heavy (non-hydrogen) atoms. The maximum atomic E-state index is 6.19. The van der Waals surface area contributed by atoms with Crippen molar-refractivity contribution in [3.63, 3.8) is 0 Å². The van der Waals surface area contributed by atoms with Gasteiger partial charge in [0.05, 0.1) is 22.8 Å². The molecule has 0 amide bonds. The molecule has 3 nitrogen and oxygen atoms in total. The van der Waals surface area contributed by atoms with Crippen molar-refractivity contribution in [3.05, 3.63) is 94.0 Å². The molecule has 144 valence electrons. The maximum absolute atomic E-state index is 6.19. The van der Waals surface area contributed by atoms with Gasteiger partial charge in [-0.15, -0.1) is 0 Å². The molecule has 0 aliphatic rings. The standard InChI is InChI=1S/C22H20Cl2N2OS/c1-27-21-10-6-5-9-20(21)25-22(28)26(14-16-7-3-2-4-8-16)15-17-11-12-18(23)19(24)13-17/h2-13H,14-15H2,1H3,(H,25,28). The lowest BCUT2D eigenvalue weighted by Gasteiger charge is -2.27. The molecular formula is C22H20Cl2N2OS. The van der Waals surface area contributed by atoms with Gasteiger partial charge < -0.3 is 15.0 Å². The minimum Gasteiger partial charge on any atom is -0.495 e. The molecule has 0 radical (unpaired) electrons. The Morgan fingerprint density at radius 1 is 0.893 bits per heavy atom. The molecule has 0 saturated carbocycles. The Bertz CT molecular complexity index is 950. The van der Waals surface area contributed by atoms with E-state index in [1.165, 1.54) is 0 Å². The smallest absolute Gasteiger partial charge is 0.174 e. The second-order valence-electron chi connectivity index (χ2n) is 6.22. The Hall–Kier alpha value is -2.27. The summed E-state index contributed by atoms with van der Waals surface area (Å²) in [5, 5.41) is 4.96. The summed E-state index contributed by atoms with van der Waals surface area (Å²) in [6, 6.07) is 23.5. The first kappa shape index (κ1) is 20.5. The van der Waals surface area contributed by atoms with Gasteiger partial charge in [-0.05, 0) is 47.6 Å². The Morgan fingerprint density at radius 3 is 2.29 bits per heavy atom. The summed E-state index contributed by atoms with van der Waals surface area (Å²) in [6.07, 6.45) is 0. The fraction of sp³-hybridized carbons (Fsp3) is 0.136. The number of benzene rings is 3. The summed E-state index contributed by atoms with van der Waals surface area (Å²) in [6.45, 7) is 1.24. The van der Waals surface area contributed by atoms with E-state index in [4.69, 9.17) is 40.2 Å². The van der Waals surface area contributed by atoms with Gasteiger partial charge in [0.25, 0.3) is 0 Å². The third kappa shape index (κ3) is 5.38. The van der Waals surface area contributed by atoms with E-state index >= 15 is 0 Å². The topological polar surface area (TPSA) is 24.5 Å². The molecule has 0 bridgehead atoms. The van der Waals surface area contributed by atoms with Crippen molar-refractivity contribution in [1.29, 1.82) is 0 Å². The van der Waals surface area contributed by atoms with Crippen LogP contribution in [-0.4, -0.2) is 17.1 Å². The zero-order valence-corrected chi connectivity index (χ0v) is 17.7. The normalized spacial score (nSPS) is 10.4. The number of rotatable bonds is 6. The lowest BCUT2D eigenvalue weighted by Crippen LogP contribution is -2.34. The third-order valence-electron chi connectivity index (χ3n) is 4.21. The van der Waals surface area contributed by atoms with Crippen LogP contribution < -0.4 is 10.1 Å². The van der Waals surface area contributed by atoms with Crippen LogP contribution in [0.2, 0.25) is 10.0 Å². The summed E-state index contributed by atoms with van der Waals surface area (Å²) in [5.74, 6) is 0.735. The van der Waals surface area contributed by atoms with Crippen molar-refractivity contribution in [1.82, 2.24) is 4.90 Å². The average Bonchev–Trinajstić information content (AvgIpc) is 2.71. The monoisotopic (exact) mass is 430 g/mol. The van der Waals surface area contributed by atoms with E-state index in [9.17, 15) is 0 Å². The van der Waals surface area contributed by atoms with Gasteiger partial charge in [-0.3, -0.25) is 0 Å². The van der Waals surface area contributed by atoms with Crippen molar-refractivity contribution in [3.8, 4) is 5.75 Å². The van der Waals surface area contributed by atoms with Crippen molar-refractivity contribution in [2.75, 3.05) is 12.4 Å². The summed E-state index contributed by atoms with van der Waals surface area (Å²) < 4.78 is 5.42. The zero-order chi connectivity index (χ0) is 19.9. The molecule has 0 heterocycles. The van der Waals surface area contributed by atoms with E-state index in [1.807, 2.05) is 54.6 Å². The van der Waals surface area contributed by atoms with Gasteiger partial charge in [0.1, 0.15) is 5.75 Å². The molecule has 0 aromatic heterocycles. The Balaban J connectivity index is 1.84. The predicted octanol–water partition coefficient (Wildman–Crippen LogP) is 6.40. The first-order chi connectivity index (χ1) is 13.6. The Kier molecular flexibility index (Phi) is 7.15. The molecule has 0 atom stereocenters.